The Morgan fingerprint density at radius 1 is 1.28 bits per heavy atom. The van der Waals surface area contributed by atoms with E-state index < -0.39 is 16.7 Å². The van der Waals surface area contributed by atoms with Crippen molar-refractivity contribution in [1.29, 1.82) is 0 Å². The average Bonchev–Trinajstić information content (AvgIpc) is 3.01. The Morgan fingerprint density at radius 3 is 2.66 bits per heavy atom. The topological polar surface area (TPSA) is 110 Å². The van der Waals surface area contributed by atoms with Crippen LogP contribution < -0.4 is 4.74 Å². The van der Waals surface area contributed by atoms with Gasteiger partial charge in [0, 0.05) is 19.0 Å². The van der Waals surface area contributed by atoms with Crippen LogP contribution in [-0.4, -0.2) is 37.7 Å². The molecular weight excluding hydrogens is 459 g/mol. The lowest BCUT2D eigenvalue weighted by molar-refractivity contribution is -0.386. The monoisotopic (exact) mass is 476 g/mol. The predicted octanol–water partition coefficient (Wildman–Crippen LogP) is 4.38. The molecule has 0 aromatic heterocycles. The summed E-state index contributed by atoms with van der Waals surface area (Å²) in [5.41, 5.74) is 0.783. The third-order valence-corrected chi connectivity index (χ3v) is 5.81. The number of thiocarbonyl (C=S) groups is 1. The molecule has 32 heavy (non-hydrogen) atoms. The number of carboxylic acids is 1. The summed E-state index contributed by atoms with van der Waals surface area (Å²) in [6.45, 7) is 0.208. The number of ether oxygens (including phenoxy) is 1. The average molecular weight is 477 g/mol. The van der Waals surface area contributed by atoms with E-state index in [1.807, 2.05) is 0 Å². The summed E-state index contributed by atoms with van der Waals surface area (Å²) >= 11 is 6.25. The number of carboxylic acid groups (broad SMARTS) is 1. The Labute approximate surface area is 191 Å². The smallest absolute Gasteiger partial charge is 0.311 e. The highest BCUT2D eigenvalue weighted by molar-refractivity contribution is 8.26. The molecule has 0 saturated carbocycles. The van der Waals surface area contributed by atoms with Gasteiger partial charge in [-0.25, -0.2) is 4.39 Å². The van der Waals surface area contributed by atoms with Crippen LogP contribution >= 0.6 is 24.0 Å². The first-order valence-corrected chi connectivity index (χ1v) is 10.6. The Morgan fingerprint density at radius 2 is 2.00 bits per heavy atom. The molecule has 1 aliphatic heterocycles. The summed E-state index contributed by atoms with van der Waals surface area (Å²) in [5, 5.41) is 20.3. The van der Waals surface area contributed by atoms with E-state index in [0.717, 1.165) is 11.8 Å². The van der Waals surface area contributed by atoms with Crippen molar-refractivity contribution in [2.24, 2.45) is 0 Å². The first-order chi connectivity index (χ1) is 15.2. The zero-order chi connectivity index (χ0) is 23.3. The van der Waals surface area contributed by atoms with Crippen LogP contribution in [0.25, 0.3) is 6.08 Å². The minimum Gasteiger partial charge on any atom is -0.482 e. The summed E-state index contributed by atoms with van der Waals surface area (Å²) in [6, 6.07) is 9.88. The molecule has 1 heterocycles. The van der Waals surface area contributed by atoms with Crippen molar-refractivity contribution < 1.29 is 28.7 Å². The number of nitro groups is 1. The molecular formula is C21H17FN2O6S2. The van der Waals surface area contributed by atoms with Crippen molar-refractivity contribution in [1.82, 2.24) is 4.90 Å². The quantitative estimate of drug-likeness (QED) is 0.246. The Hall–Kier alpha value is -3.31. The lowest BCUT2D eigenvalue weighted by Gasteiger charge is -2.13. The molecule has 0 aliphatic carbocycles. The van der Waals surface area contributed by atoms with Crippen LogP contribution in [0.15, 0.2) is 47.4 Å². The highest BCUT2D eigenvalue weighted by Crippen LogP contribution is 2.35. The predicted molar refractivity (Wildman–Crippen MR) is 121 cm³/mol. The van der Waals surface area contributed by atoms with E-state index in [-0.39, 0.29) is 43.3 Å². The van der Waals surface area contributed by atoms with Crippen LogP contribution in [0.5, 0.6) is 5.75 Å². The number of hydrogen-bond donors (Lipinski definition) is 1. The van der Waals surface area contributed by atoms with E-state index >= 15 is 0 Å². The van der Waals surface area contributed by atoms with E-state index in [1.165, 1.54) is 47.4 Å². The second kappa shape index (κ2) is 10.3. The number of halogens is 1. The van der Waals surface area contributed by atoms with Crippen molar-refractivity contribution in [3.05, 3.63) is 74.4 Å². The molecule has 0 unspecified atom stereocenters. The molecule has 0 spiro atoms. The number of carbonyl (C=O) groups excluding carboxylic acids is 1. The lowest BCUT2D eigenvalue weighted by atomic mass is 10.1. The molecule has 2 aromatic rings. The Bertz CT molecular complexity index is 1100. The van der Waals surface area contributed by atoms with Crippen LogP contribution in [0.2, 0.25) is 0 Å². The van der Waals surface area contributed by atoms with Crippen molar-refractivity contribution in [3.8, 4) is 5.75 Å². The molecule has 0 bridgehead atoms. The number of carbonyl (C=O) groups is 2. The third kappa shape index (κ3) is 5.89. The Balaban J connectivity index is 1.74. The van der Waals surface area contributed by atoms with Gasteiger partial charge in [-0.1, -0.05) is 42.2 Å². The highest BCUT2D eigenvalue weighted by Gasteiger charge is 2.31. The molecule has 1 amide bonds. The number of hydrogen-bond acceptors (Lipinski definition) is 7. The van der Waals surface area contributed by atoms with Crippen LogP contribution in [0.1, 0.15) is 24.0 Å². The molecule has 8 nitrogen and oxygen atoms in total. The maximum absolute atomic E-state index is 13.0. The number of benzene rings is 2. The minimum absolute atomic E-state index is 0.0233. The maximum Gasteiger partial charge on any atom is 0.311 e. The van der Waals surface area contributed by atoms with Gasteiger partial charge in [0.05, 0.1) is 9.83 Å². The molecule has 1 fully saturated rings. The largest absolute Gasteiger partial charge is 0.482 e. The van der Waals surface area contributed by atoms with Gasteiger partial charge in [-0.3, -0.25) is 24.6 Å². The highest BCUT2D eigenvalue weighted by atomic mass is 32.2. The van der Waals surface area contributed by atoms with Crippen LogP contribution in [-0.2, 0) is 16.2 Å². The van der Waals surface area contributed by atoms with Crippen molar-refractivity contribution in [2.75, 3.05) is 6.54 Å². The fourth-order valence-electron chi connectivity index (χ4n) is 2.86. The minimum atomic E-state index is -0.958. The molecule has 1 N–H and O–H groups in total. The molecule has 1 saturated heterocycles. The molecule has 3 rings (SSSR count). The number of aliphatic carboxylic acids is 1. The lowest BCUT2D eigenvalue weighted by Crippen LogP contribution is -2.29. The van der Waals surface area contributed by atoms with E-state index in [1.54, 1.807) is 6.07 Å². The van der Waals surface area contributed by atoms with Crippen LogP contribution in [0.3, 0.4) is 0 Å². The van der Waals surface area contributed by atoms with Gasteiger partial charge in [-0.15, -0.1) is 0 Å². The number of amides is 1. The van der Waals surface area contributed by atoms with Crippen molar-refractivity contribution >= 4 is 51.9 Å². The van der Waals surface area contributed by atoms with Crippen molar-refractivity contribution in [3.63, 3.8) is 0 Å². The molecule has 11 heteroatoms. The summed E-state index contributed by atoms with van der Waals surface area (Å²) in [4.78, 5) is 35.8. The zero-order valence-corrected chi connectivity index (χ0v) is 18.2. The zero-order valence-electron chi connectivity index (χ0n) is 16.5. The normalized spacial score (nSPS) is 14.8. The number of nitro benzene ring substituents is 1. The van der Waals surface area contributed by atoms with Crippen molar-refractivity contribution in [2.45, 2.75) is 19.4 Å². The second-order valence-electron chi connectivity index (χ2n) is 6.73. The summed E-state index contributed by atoms with van der Waals surface area (Å²) in [5.74, 6) is -1.68. The van der Waals surface area contributed by atoms with Crippen LogP contribution in [0.4, 0.5) is 10.1 Å². The first-order valence-electron chi connectivity index (χ1n) is 9.37. The molecule has 0 radical (unpaired) electrons. The van der Waals surface area contributed by atoms with Gasteiger partial charge in [0.2, 0.25) is 0 Å². The van der Waals surface area contributed by atoms with Gasteiger partial charge in [0.25, 0.3) is 5.91 Å². The van der Waals surface area contributed by atoms with E-state index in [9.17, 15) is 24.1 Å². The fourth-order valence-corrected chi connectivity index (χ4v) is 4.17. The summed E-state index contributed by atoms with van der Waals surface area (Å²) in [6.07, 6.45) is 1.68. The molecule has 2 aromatic carbocycles. The Kier molecular flexibility index (Phi) is 7.54. The number of nitrogens with zero attached hydrogens (tertiary/aromatic N) is 2. The summed E-state index contributed by atoms with van der Waals surface area (Å²) in [7, 11) is 0. The third-order valence-electron chi connectivity index (χ3n) is 4.43. The molecule has 166 valence electrons. The van der Waals surface area contributed by atoms with Gasteiger partial charge >= 0.3 is 11.7 Å². The SMILES string of the molecule is O=C(O)CCCN1C(=O)/C(=C/c2ccc(OCc3ccc(F)cc3)c([N+](=O)[O-])c2)SC1=S. The van der Waals surface area contributed by atoms with E-state index in [0.29, 0.717) is 20.4 Å². The fraction of sp³-hybridized carbons (Fsp3) is 0.190. The van der Waals surface area contributed by atoms with Gasteiger partial charge in [0.15, 0.2) is 5.75 Å². The standard InChI is InChI=1S/C21H17FN2O6S2/c22-15-6-3-13(4-7-15)12-30-17-8-5-14(10-16(17)24(28)29)11-18-20(27)23(21(31)32-18)9-1-2-19(25)26/h3-8,10-11H,1-2,9,12H2,(H,25,26)/b18-11-. The van der Waals surface area contributed by atoms with Gasteiger partial charge < -0.3 is 9.84 Å². The van der Waals surface area contributed by atoms with E-state index in [4.69, 9.17) is 22.1 Å². The molecule has 0 atom stereocenters. The molecule has 1 aliphatic rings. The first kappa shape index (κ1) is 23.4. The summed E-state index contributed by atoms with van der Waals surface area (Å²) < 4.78 is 18.8. The van der Waals surface area contributed by atoms with Gasteiger partial charge in [-0.2, -0.15) is 0 Å². The van der Waals surface area contributed by atoms with Gasteiger partial charge in [-0.05, 0) is 41.8 Å². The van der Waals surface area contributed by atoms with Crippen LogP contribution in [0, 0.1) is 15.9 Å². The number of rotatable bonds is 9. The number of thioether (sulfide) groups is 1. The van der Waals surface area contributed by atoms with Gasteiger partial charge in [0.1, 0.15) is 16.7 Å². The maximum atomic E-state index is 13.0. The van der Waals surface area contributed by atoms with E-state index in [2.05, 4.69) is 0 Å². The second-order valence-corrected chi connectivity index (χ2v) is 8.41.